The minimum atomic E-state index is -0.425. The second-order valence-electron chi connectivity index (χ2n) is 8.91. The molecule has 1 saturated heterocycles. The summed E-state index contributed by atoms with van der Waals surface area (Å²) in [5.74, 6) is 0.160. The van der Waals surface area contributed by atoms with E-state index in [9.17, 15) is 14.7 Å². The fourth-order valence-corrected chi connectivity index (χ4v) is 5.36. The van der Waals surface area contributed by atoms with Crippen LogP contribution in [0.3, 0.4) is 0 Å². The van der Waals surface area contributed by atoms with E-state index < -0.39 is 11.5 Å². The molecular formula is C27H30FIN2O6. The van der Waals surface area contributed by atoms with Crippen molar-refractivity contribution in [1.82, 2.24) is 4.57 Å². The van der Waals surface area contributed by atoms with Gasteiger partial charge in [0.15, 0.2) is 11.7 Å². The molecule has 37 heavy (non-hydrogen) atoms. The number of aromatic nitrogens is 1. The fraction of sp³-hybridized carbons (Fsp3) is 0.407. The lowest BCUT2D eigenvalue weighted by Gasteiger charge is -2.29. The number of nitrogens with zero attached hydrogens (tertiary/aromatic N) is 2. The van der Waals surface area contributed by atoms with E-state index in [-0.39, 0.29) is 24.4 Å². The van der Waals surface area contributed by atoms with Gasteiger partial charge in [-0.25, -0.2) is 4.39 Å². The predicted molar refractivity (Wildman–Crippen MR) is 148 cm³/mol. The first-order chi connectivity index (χ1) is 17.9. The standard InChI is InChI=1S/C27H30FIN2O6/c1-35-6-3-20(16-33)31-14-19(15-32)27(34)22-11-17(25(36-2)13-24(22)31)9-18-10-21(12-23(29)26(18)28)30-4-7-37-8-5-30/h10-15,20,33H,3-9,16H2,1-2H3/t20-/m0/s1. The topological polar surface area (TPSA) is 90.2 Å². The van der Waals surface area contributed by atoms with Crippen LogP contribution < -0.4 is 15.1 Å². The summed E-state index contributed by atoms with van der Waals surface area (Å²) in [6, 6.07) is 6.62. The molecule has 0 bridgehead atoms. The first-order valence-corrected chi connectivity index (χ1v) is 13.1. The Morgan fingerprint density at radius 2 is 1.95 bits per heavy atom. The van der Waals surface area contributed by atoms with Crippen LogP contribution in [-0.2, 0) is 15.9 Å². The first kappa shape index (κ1) is 27.5. The average molecular weight is 624 g/mol. The monoisotopic (exact) mass is 624 g/mol. The molecule has 10 heteroatoms. The van der Waals surface area contributed by atoms with E-state index in [0.29, 0.717) is 63.9 Å². The lowest BCUT2D eigenvalue weighted by molar-refractivity contribution is 0.112. The molecule has 0 spiro atoms. The number of carbonyl (C=O) groups excluding carboxylic acids is 1. The van der Waals surface area contributed by atoms with Crippen molar-refractivity contribution in [2.24, 2.45) is 0 Å². The number of halogens is 2. The summed E-state index contributed by atoms with van der Waals surface area (Å²) in [5.41, 5.74) is 2.08. The molecule has 0 saturated carbocycles. The Kier molecular flexibility index (Phi) is 9.17. The van der Waals surface area contributed by atoms with Gasteiger partial charge in [-0.2, -0.15) is 0 Å². The molecule has 198 valence electrons. The van der Waals surface area contributed by atoms with Gasteiger partial charge >= 0.3 is 0 Å². The van der Waals surface area contributed by atoms with Crippen molar-refractivity contribution in [3.8, 4) is 5.75 Å². The lowest BCUT2D eigenvalue weighted by atomic mass is 9.99. The van der Waals surface area contributed by atoms with Crippen molar-refractivity contribution in [3.05, 3.63) is 66.8 Å². The zero-order valence-corrected chi connectivity index (χ0v) is 23.0. The molecule has 0 unspecified atom stereocenters. The van der Waals surface area contributed by atoms with E-state index in [2.05, 4.69) is 4.90 Å². The number of aliphatic hydroxyl groups is 1. The Balaban J connectivity index is 1.84. The van der Waals surface area contributed by atoms with Gasteiger partial charge in [-0.3, -0.25) is 9.59 Å². The van der Waals surface area contributed by atoms with Gasteiger partial charge in [0.25, 0.3) is 0 Å². The molecule has 1 atom stereocenters. The Morgan fingerprint density at radius 3 is 2.59 bits per heavy atom. The number of morpholine rings is 1. The molecule has 1 aliphatic rings. The number of fused-ring (bicyclic) bond motifs is 1. The molecule has 0 amide bonds. The Bertz CT molecular complexity index is 1340. The van der Waals surface area contributed by atoms with E-state index in [1.807, 2.05) is 34.7 Å². The third-order valence-corrected chi connectivity index (χ3v) is 7.48. The highest BCUT2D eigenvalue weighted by Crippen LogP contribution is 2.32. The number of anilines is 1. The van der Waals surface area contributed by atoms with Gasteiger partial charge in [0.1, 0.15) is 11.6 Å². The Hall–Kier alpha value is -2.54. The van der Waals surface area contributed by atoms with Gasteiger partial charge in [0.05, 0.1) is 47.6 Å². The van der Waals surface area contributed by atoms with Crippen molar-refractivity contribution in [1.29, 1.82) is 0 Å². The highest BCUT2D eigenvalue weighted by Gasteiger charge is 2.21. The van der Waals surface area contributed by atoms with Gasteiger partial charge in [0, 0.05) is 56.6 Å². The normalized spacial score (nSPS) is 14.7. The highest BCUT2D eigenvalue weighted by atomic mass is 127. The summed E-state index contributed by atoms with van der Waals surface area (Å²) in [6.45, 7) is 2.87. The molecule has 4 rings (SSSR count). The smallest absolute Gasteiger partial charge is 0.199 e. The predicted octanol–water partition coefficient (Wildman–Crippen LogP) is 3.56. The van der Waals surface area contributed by atoms with E-state index in [4.69, 9.17) is 14.2 Å². The maximum Gasteiger partial charge on any atom is 0.199 e. The van der Waals surface area contributed by atoms with Crippen LogP contribution in [0.4, 0.5) is 10.1 Å². The minimum absolute atomic E-state index is 0.0190. The SMILES string of the molecule is COCC[C@@H](CO)n1cc(C=O)c(=O)c2cc(Cc3cc(N4CCOCC4)cc(I)c3F)c(OC)cc21. The number of ether oxygens (including phenoxy) is 3. The summed E-state index contributed by atoms with van der Waals surface area (Å²) in [4.78, 5) is 27.0. The number of methoxy groups -OCH3 is 2. The summed E-state index contributed by atoms with van der Waals surface area (Å²) in [5, 5.41) is 10.3. The molecule has 1 fully saturated rings. The summed E-state index contributed by atoms with van der Waals surface area (Å²) < 4.78 is 33.8. The molecule has 1 aliphatic heterocycles. The number of benzene rings is 2. The third-order valence-electron chi connectivity index (χ3n) is 6.69. The van der Waals surface area contributed by atoms with Crippen LogP contribution in [0, 0.1) is 9.39 Å². The van der Waals surface area contributed by atoms with Gasteiger partial charge in [0.2, 0.25) is 0 Å². The highest BCUT2D eigenvalue weighted by molar-refractivity contribution is 14.1. The van der Waals surface area contributed by atoms with Crippen LogP contribution in [0.15, 0.2) is 35.3 Å². The van der Waals surface area contributed by atoms with Crippen LogP contribution in [0.2, 0.25) is 0 Å². The molecule has 0 aliphatic carbocycles. The van der Waals surface area contributed by atoms with E-state index in [1.54, 1.807) is 23.8 Å². The summed E-state index contributed by atoms with van der Waals surface area (Å²) >= 11 is 2.00. The van der Waals surface area contributed by atoms with Crippen LogP contribution in [0.5, 0.6) is 5.75 Å². The van der Waals surface area contributed by atoms with Crippen molar-refractivity contribution in [3.63, 3.8) is 0 Å². The number of hydrogen-bond acceptors (Lipinski definition) is 7. The number of rotatable bonds is 10. The molecule has 1 aromatic heterocycles. The van der Waals surface area contributed by atoms with Gasteiger partial charge in [-0.1, -0.05) is 0 Å². The van der Waals surface area contributed by atoms with Crippen LogP contribution >= 0.6 is 22.6 Å². The van der Waals surface area contributed by atoms with E-state index >= 15 is 4.39 Å². The summed E-state index contributed by atoms with van der Waals surface area (Å²) in [6.07, 6.45) is 2.64. The van der Waals surface area contributed by atoms with Crippen LogP contribution in [0.1, 0.15) is 33.9 Å². The van der Waals surface area contributed by atoms with E-state index in [0.717, 1.165) is 18.8 Å². The molecule has 2 aromatic carbocycles. The van der Waals surface area contributed by atoms with Crippen LogP contribution in [0.25, 0.3) is 10.9 Å². The fourth-order valence-electron chi connectivity index (χ4n) is 4.70. The zero-order valence-electron chi connectivity index (χ0n) is 20.8. The molecule has 1 N–H and O–H groups in total. The lowest BCUT2D eigenvalue weighted by Crippen LogP contribution is -2.36. The van der Waals surface area contributed by atoms with Crippen LogP contribution in [-0.4, -0.2) is 69.7 Å². The van der Waals surface area contributed by atoms with Crippen molar-refractivity contribution in [2.75, 3.05) is 58.6 Å². The third kappa shape index (κ3) is 5.82. The second-order valence-corrected chi connectivity index (χ2v) is 10.1. The largest absolute Gasteiger partial charge is 0.496 e. The second kappa shape index (κ2) is 12.3. The number of carbonyl (C=O) groups is 1. The van der Waals surface area contributed by atoms with Gasteiger partial charge in [-0.15, -0.1) is 0 Å². The van der Waals surface area contributed by atoms with Crippen molar-refractivity contribution >= 4 is 45.5 Å². The average Bonchev–Trinajstić information content (AvgIpc) is 2.92. The quantitative estimate of drug-likeness (QED) is 0.273. The maximum atomic E-state index is 15.3. The summed E-state index contributed by atoms with van der Waals surface area (Å²) in [7, 11) is 3.09. The van der Waals surface area contributed by atoms with Gasteiger partial charge in [-0.05, 0) is 58.3 Å². The van der Waals surface area contributed by atoms with E-state index in [1.165, 1.54) is 13.3 Å². The number of pyridine rings is 1. The number of aliphatic hydroxyl groups excluding tert-OH is 1. The number of aldehydes is 1. The Morgan fingerprint density at radius 1 is 1.19 bits per heavy atom. The Labute approximate surface area is 228 Å². The molecular weight excluding hydrogens is 594 g/mol. The zero-order chi connectivity index (χ0) is 26.5. The first-order valence-electron chi connectivity index (χ1n) is 12.0. The van der Waals surface area contributed by atoms with Gasteiger partial charge < -0.3 is 28.8 Å². The molecule has 0 radical (unpaired) electrons. The van der Waals surface area contributed by atoms with Crippen molar-refractivity contribution in [2.45, 2.75) is 18.9 Å². The number of hydrogen-bond donors (Lipinski definition) is 1. The molecule has 2 heterocycles. The minimum Gasteiger partial charge on any atom is -0.496 e. The molecule has 3 aromatic rings. The molecule has 8 nitrogen and oxygen atoms in total. The maximum absolute atomic E-state index is 15.3. The van der Waals surface area contributed by atoms with Crippen molar-refractivity contribution < 1.29 is 28.5 Å².